The van der Waals surface area contributed by atoms with Gasteiger partial charge in [-0.25, -0.2) is 4.39 Å². The van der Waals surface area contributed by atoms with E-state index in [1.54, 1.807) is 31.5 Å². The first-order chi connectivity index (χ1) is 9.05. The van der Waals surface area contributed by atoms with Gasteiger partial charge in [0.25, 0.3) is 0 Å². The number of anilines is 1. The number of nitrogens with two attached hydrogens (primary N) is 1. The molecule has 0 aliphatic carbocycles. The molecule has 96 valence electrons. The van der Waals surface area contributed by atoms with Gasteiger partial charge in [0, 0.05) is 23.6 Å². The summed E-state index contributed by atoms with van der Waals surface area (Å²) in [7, 11) is 0. The molecule has 0 aliphatic heterocycles. The molecule has 2 aromatic rings. The molecule has 19 heavy (non-hydrogen) atoms. The molecule has 0 amide bonds. The van der Waals surface area contributed by atoms with Crippen molar-refractivity contribution < 1.29 is 4.39 Å². The van der Waals surface area contributed by atoms with Gasteiger partial charge in [-0.3, -0.25) is 4.98 Å². The molecule has 1 aromatic heterocycles. The molecule has 2 rings (SSSR count). The van der Waals surface area contributed by atoms with E-state index in [4.69, 9.17) is 5.73 Å². The molecule has 3 nitrogen and oxygen atoms in total. The number of benzene rings is 1. The summed E-state index contributed by atoms with van der Waals surface area (Å²) in [5.74, 6) is -0.446. The number of pyridine rings is 1. The fraction of sp³-hybridized carbons (Fsp3) is 0.200. The topological polar surface area (TPSA) is 62.7 Å². The third-order valence-corrected chi connectivity index (χ3v) is 3.14. The number of halogens is 1. The molecule has 0 fully saturated rings. The van der Waals surface area contributed by atoms with Crippen LogP contribution in [-0.2, 0) is 11.8 Å². The highest BCUT2D eigenvalue weighted by molar-refractivity contribution is 5.45. The van der Waals surface area contributed by atoms with Crippen LogP contribution in [0.5, 0.6) is 0 Å². The Morgan fingerprint density at radius 2 is 2.00 bits per heavy atom. The highest BCUT2D eigenvalue weighted by Crippen LogP contribution is 2.30. The van der Waals surface area contributed by atoms with Crippen molar-refractivity contribution in [2.45, 2.75) is 18.8 Å². The summed E-state index contributed by atoms with van der Waals surface area (Å²) in [4.78, 5) is 3.93. The zero-order valence-electron chi connectivity index (χ0n) is 10.6. The monoisotopic (exact) mass is 255 g/mol. The molecule has 0 saturated heterocycles. The van der Waals surface area contributed by atoms with Crippen molar-refractivity contribution in [2.75, 3.05) is 5.73 Å². The maximum absolute atomic E-state index is 14.0. The number of nitrogen functional groups attached to an aromatic ring is 1. The van der Waals surface area contributed by atoms with E-state index < -0.39 is 11.2 Å². The first kappa shape index (κ1) is 13.0. The predicted octanol–water partition coefficient (Wildman–Crippen LogP) is 2.83. The number of aromatic nitrogens is 1. The van der Waals surface area contributed by atoms with Gasteiger partial charge in [0.2, 0.25) is 0 Å². The molecule has 0 radical (unpaired) electrons. The van der Waals surface area contributed by atoms with Crippen LogP contribution in [-0.4, -0.2) is 4.98 Å². The van der Waals surface area contributed by atoms with Crippen LogP contribution in [0.1, 0.15) is 18.1 Å². The summed E-state index contributed by atoms with van der Waals surface area (Å²) in [6.07, 6.45) is 3.74. The van der Waals surface area contributed by atoms with E-state index >= 15 is 0 Å². The van der Waals surface area contributed by atoms with Crippen LogP contribution in [0.4, 0.5) is 10.1 Å². The summed E-state index contributed by atoms with van der Waals surface area (Å²) in [6, 6.07) is 10.3. The second kappa shape index (κ2) is 5.07. The van der Waals surface area contributed by atoms with E-state index in [-0.39, 0.29) is 0 Å². The lowest BCUT2D eigenvalue weighted by atomic mass is 9.78. The Morgan fingerprint density at radius 1 is 1.32 bits per heavy atom. The normalized spacial score (nSPS) is 13.5. The van der Waals surface area contributed by atoms with Crippen molar-refractivity contribution in [3.8, 4) is 6.07 Å². The maximum atomic E-state index is 14.0. The first-order valence-electron chi connectivity index (χ1n) is 5.91. The lowest BCUT2D eigenvalue weighted by Crippen LogP contribution is -2.24. The standard InChI is InChI=1S/C15H14FN3/c1-15(10-17,9-11-4-6-19-7-5-11)13-3-2-12(18)8-14(13)16/h2-8H,9,18H2,1H3. The van der Waals surface area contributed by atoms with E-state index in [1.807, 2.05) is 12.1 Å². The van der Waals surface area contributed by atoms with Crippen LogP contribution in [0.3, 0.4) is 0 Å². The second-order valence-corrected chi connectivity index (χ2v) is 4.72. The van der Waals surface area contributed by atoms with E-state index in [1.165, 1.54) is 6.07 Å². The van der Waals surface area contributed by atoms with Gasteiger partial charge in [-0.2, -0.15) is 5.26 Å². The SMILES string of the molecule is CC(C#N)(Cc1ccncc1)c1ccc(N)cc1F. The molecule has 0 aliphatic rings. The van der Waals surface area contributed by atoms with Gasteiger partial charge in [-0.15, -0.1) is 0 Å². The predicted molar refractivity (Wildman–Crippen MR) is 71.7 cm³/mol. The number of nitrogens with zero attached hydrogens (tertiary/aromatic N) is 2. The minimum Gasteiger partial charge on any atom is -0.399 e. The lowest BCUT2D eigenvalue weighted by molar-refractivity contribution is 0.535. The fourth-order valence-corrected chi connectivity index (χ4v) is 2.08. The molecule has 0 bridgehead atoms. The number of nitriles is 1. The average molecular weight is 255 g/mol. The van der Waals surface area contributed by atoms with Crippen molar-refractivity contribution in [3.05, 3.63) is 59.7 Å². The van der Waals surface area contributed by atoms with Crippen LogP contribution in [0.15, 0.2) is 42.7 Å². The van der Waals surface area contributed by atoms with Crippen molar-refractivity contribution >= 4 is 5.69 Å². The minimum absolute atomic E-state index is 0.352. The summed E-state index contributed by atoms with van der Waals surface area (Å²) >= 11 is 0. The van der Waals surface area contributed by atoms with Gasteiger partial charge in [0.05, 0.1) is 11.5 Å². The van der Waals surface area contributed by atoms with Crippen molar-refractivity contribution in [3.63, 3.8) is 0 Å². The number of rotatable bonds is 3. The molecule has 1 heterocycles. The Kier molecular flexibility index (Phi) is 3.48. The summed E-state index contributed by atoms with van der Waals surface area (Å²) in [5, 5.41) is 9.43. The molecule has 0 saturated carbocycles. The number of hydrogen-bond donors (Lipinski definition) is 1. The zero-order valence-corrected chi connectivity index (χ0v) is 10.6. The molecule has 4 heteroatoms. The molecular formula is C15H14FN3. The van der Waals surface area contributed by atoms with Gasteiger partial charge >= 0.3 is 0 Å². The highest BCUT2D eigenvalue weighted by atomic mass is 19.1. The van der Waals surface area contributed by atoms with Crippen molar-refractivity contribution in [2.24, 2.45) is 0 Å². The van der Waals surface area contributed by atoms with Crippen LogP contribution in [0.2, 0.25) is 0 Å². The van der Waals surface area contributed by atoms with Crippen LogP contribution < -0.4 is 5.73 Å². The Morgan fingerprint density at radius 3 is 2.58 bits per heavy atom. The van der Waals surface area contributed by atoms with E-state index in [9.17, 15) is 9.65 Å². The summed E-state index contributed by atoms with van der Waals surface area (Å²) in [5.41, 5.74) is 6.26. The summed E-state index contributed by atoms with van der Waals surface area (Å²) in [6.45, 7) is 1.72. The smallest absolute Gasteiger partial charge is 0.130 e. The van der Waals surface area contributed by atoms with E-state index in [0.717, 1.165) is 5.56 Å². The van der Waals surface area contributed by atoms with E-state index in [0.29, 0.717) is 17.7 Å². The molecule has 1 unspecified atom stereocenters. The average Bonchev–Trinajstić information content (AvgIpc) is 2.39. The van der Waals surface area contributed by atoms with Crippen LogP contribution in [0, 0.1) is 17.1 Å². The second-order valence-electron chi connectivity index (χ2n) is 4.72. The molecule has 1 atom stereocenters. The van der Waals surface area contributed by atoms with Gasteiger partial charge in [0.1, 0.15) is 5.82 Å². The zero-order chi connectivity index (χ0) is 13.9. The lowest BCUT2D eigenvalue weighted by Gasteiger charge is -2.23. The minimum atomic E-state index is -0.931. The molecule has 0 spiro atoms. The van der Waals surface area contributed by atoms with E-state index in [2.05, 4.69) is 11.1 Å². The molecule has 2 N–H and O–H groups in total. The number of hydrogen-bond acceptors (Lipinski definition) is 3. The third kappa shape index (κ3) is 2.71. The molecular weight excluding hydrogens is 241 g/mol. The van der Waals surface area contributed by atoms with Gasteiger partial charge in [-0.05, 0) is 43.2 Å². The first-order valence-corrected chi connectivity index (χ1v) is 5.91. The van der Waals surface area contributed by atoms with Crippen LogP contribution in [0.25, 0.3) is 0 Å². The molecule has 1 aromatic carbocycles. The van der Waals surface area contributed by atoms with Crippen molar-refractivity contribution in [1.29, 1.82) is 5.26 Å². The summed E-state index contributed by atoms with van der Waals surface area (Å²) < 4.78 is 14.0. The van der Waals surface area contributed by atoms with Crippen molar-refractivity contribution in [1.82, 2.24) is 4.98 Å². The fourth-order valence-electron chi connectivity index (χ4n) is 2.08. The quantitative estimate of drug-likeness (QED) is 0.858. The Labute approximate surface area is 111 Å². The Bertz CT molecular complexity index is 619. The Hall–Kier alpha value is -2.41. The van der Waals surface area contributed by atoms with Gasteiger partial charge < -0.3 is 5.73 Å². The highest BCUT2D eigenvalue weighted by Gasteiger charge is 2.29. The van der Waals surface area contributed by atoms with Gasteiger partial charge in [-0.1, -0.05) is 6.07 Å². The largest absolute Gasteiger partial charge is 0.399 e. The Balaban J connectivity index is 2.40. The van der Waals surface area contributed by atoms with Gasteiger partial charge in [0.15, 0.2) is 0 Å². The van der Waals surface area contributed by atoms with Crippen LogP contribution >= 0.6 is 0 Å². The maximum Gasteiger partial charge on any atom is 0.130 e. The third-order valence-electron chi connectivity index (χ3n) is 3.14.